The second-order valence-corrected chi connectivity index (χ2v) is 4.87. The lowest BCUT2D eigenvalue weighted by molar-refractivity contribution is -0.264. The molecular weight excluding hydrogens is 298 g/mol. The Balaban J connectivity index is 2.96. The molecule has 0 aromatic carbocycles. The van der Waals surface area contributed by atoms with E-state index in [9.17, 15) is 19.5 Å². The van der Waals surface area contributed by atoms with Crippen molar-refractivity contribution in [1.29, 1.82) is 0 Å². The van der Waals surface area contributed by atoms with Gasteiger partial charge in [0, 0.05) is 27.9 Å². The number of rotatable bonds is 5. The predicted molar refractivity (Wildman–Crippen MR) is 71.5 cm³/mol. The molecule has 22 heavy (non-hydrogen) atoms. The Morgan fingerprint density at radius 1 is 1.14 bits per heavy atom. The molecule has 1 fully saturated rings. The molecule has 5 unspecified atom stereocenters. The average Bonchev–Trinajstić information content (AvgIpc) is 2.39. The number of carbonyl (C=O) groups excluding carboxylic acids is 3. The average molecular weight is 319 g/mol. The first kappa shape index (κ1) is 18.3. The van der Waals surface area contributed by atoms with E-state index in [1.54, 1.807) is 0 Å². The lowest BCUT2D eigenvalue weighted by Crippen LogP contribution is -2.65. The van der Waals surface area contributed by atoms with Crippen molar-refractivity contribution in [2.24, 2.45) is 0 Å². The van der Waals surface area contributed by atoms with E-state index in [4.69, 9.17) is 18.9 Å². The van der Waals surface area contributed by atoms with E-state index in [0.717, 1.165) is 0 Å². The van der Waals surface area contributed by atoms with Crippen LogP contribution in [0.4, 0.5) is 0 Å². The Labute approximate surface area is 127 Å². The third-order valence-corrected chi connectivity index (χ3v) is 3.06. The fourth-order valence-electron chi connectivity index (χ4n) is 2.26. The maximum absolute atomic E-state index is 11.3. The summed E-state index contributed by atoms with van der Waals surface area (Å²) in [4.78, 5) is 33.4. The van der Waals surface area contributed by atoms with Crippen molar-refractivity contribution in [1.82, 2.24) is 5.32 Å². The van der Waals surface area contributed by atoms with E-state index >= 15 is 0 Å². The number of amides is 1. The molecule has 1 aliphatic heterocycles. The number of nitrogens with one attached hydrogen (secondary N) is 1. The summed E-state index contributed by atoms with van der Waals surface area (Å²) in [6.45, 7) is 3.46. The molecule has 1 heterocycles. The van der Waals surface area contributed by atoms with Crippen molar-refractivity contribution in [2.75, 3.05) is 13.7 Å². The monoisotopic (exact) mass is 319 g/mol. The number of ether oxygens (including phenoxy) is 4. The molecule has 0 radical (unpaired) electrons. The molecular formula is C13H21NO8. The lowest BCUT2D eigenvalue weighted by Gasteiger charge is -2.43. The zero-order chi connectivity index (χ0) is 16.9. The van der Waals surface area contributed by atoms with Crippen molar-refractivity contribution in [3.8, 4) is 0 Å². The number of aliphatic hydroxyl groups excluding tert-OH is 1. The molecule has 9 nitrogen and oxygen atoms in total. The second-order valence-electron chi connectivity index (χ2n) is 4.87. The van der Waals surface area contributed by atoms with Gasteiger partial charge in [0.1, 0.15) is 24.9 Å². The molecule has 2 N–H and O–H groups in total. The van der Waals surface area contributed by atoms with Gasteiger partial charge in [-0.25, -0.2) is 0 Å². The summed E-state index contributed by atoms with van der Waals surface area (Å²) in [5, 5.41) is 12.5. The van der Waals surface area contributed by atoms with Gasteiger partial charge in [0.15, 0.2) is 12.4 Å². The first-order valence-corrected chi connectivity index (χ1v) is 6.70. The minimum Gasteiger partial charge on any atom is -0.463 e. The first-order chi connectivity index (χ1) is 10.3. The highest BCUT2D eigenvalue weighted by Gasteiger charge is 2.48. The molecule has 0 aromatic rings. The summed E-state index contributed by atoms with van der Waals surface area (Å²) in [6, 6.07) is -0.930. The standard InChI is InChI=1S/C13H21NO8/c1-6(15)14-10-12(19-4)11(21-8(3)17)9(22-13(10)18)5-20-7(2)16/h9-13,18H,5H2,1-4H3,(H,14,15). The number of methoxy groups -OCH3 is 1. The van der Waals surface area contributed by atoms with Crippen LogP contribution >= 0.6 is 0 Å². The van der Waals surface area contributed by atoms with Gasteiger partial charge in [0.05, 0.1) is 0 Å². The van der Waals surface area contributed by atoms with Crippen LogP contribution in [0.25, 0.3) is 0 Å². The van der Waals surface area contributed by atoms with Gasteiger partial charge in [-0.05, 0) is 0 Å². The van der Waals surface area contributed by atoms with Crippen molar-refractivity contribution in [3.63, 3.8) is 0 Å². The molecule has 0 aromatic heterocycles. The molecule has 9 heteroatoms. The number of hydrogen-bond donors (Lipinski definition) is 2. The Bertz CT molecular complexity index is 426. The first-order valence-electron chi connectivity index (χ1n) is 6.70. The van der Waals surface area contributed by atoms with Crippen LogP contribution in [-0.2, 0) is 33.3 Å². The minimum absolute atomic E-state index is 0.225. The van der Waals surface area contributed by atoms with Gasteiger partial charge in [-0.1, -0.05) is 0 Å². The van der Waals surface area contributed by atoms with Crippen LogP contribution in [-0.4, -0.2) is 67.3 Å². The van der Waals surface area contributed by atoms with Gasteiger partial charge in [0.25, 0.3) is 0 Å². The summed E-state index contributed by atoms with van der Waals surface area (Å²) >= 11 is 0. The summed E-state index contributed by atoms with van der Waals surface area (Å²) in [5.74, 6) is -1.55. The van der Waals surface area contributed by atoms with Gasteiger partial charge in [0.2, 0.25) is 5.91 Å². The van der Waals surface area contributed by atoms with Gasteiger partial charge < -0.3 is 29.4 Å². The van der Waals surface area contributed by atoms with Crippen LogP contribution in [0.15, 0.2) is 0 Å². The van der Waals surface area contributed by atoms with Crippen LogP contribution in [0.3, 0.4) is 0 Å². The topological polar surface area (TPSA) is 120 Å². The highest BCUT2D eigenvalue weighted by molar-refractivity contribution is 5.73. The van der Waals surface area contributed by atoms with E-state index in [2.05, 4.69) is 5.32 Å². The van der Waals surface area contributed by atoms with Crippen LogP contribution < -0.4 is 5.32 Å². The molecule has 1 saturated heterocycles. The SMILES string of the molecule is COC1C(NC(C)=O)C(O)OC(COC(C)=O)C1OC(C)=O. The minimum atomic E-state index is -1.40. The molecule has 1 amide bonds. The maximum atomic E-state index is 11.3. The normalized spacial score (nSPS) is 31.2. The van der Waals surface area contributed by atoms with Crippen LogP contribution in [0.5, 0.6) is 0 Å². The van der Waals surface area contributed by atoms with E-state index < -0.39 is 48.5 Å². The fraction of sp³-hybridized carbons (Fsp3) is 0.769. The van der Waals surface area contributed by atoms with Crippen molar-refractivity contribution in [2.45, 2.75) is 51.4 Å². The maximum Gasteiger partial charge on any atom is 0.303 e. The van der Waals surface area contributed by atoms with Gasteiger partial charge >= 0.3 is 11.9 Å². The van der Waals surface area contributed by atoms with Gasteiger partial charge in [-0.15, -0.1) is 0 Å². The molecule has 0 bridgehead atoms. The van der Waals surface area contributed by atoms with E-state index in [0.29, 0.717) is 0 Å². The van der Waals surface area contributed by atoms with Crippen molar-refractivity contribution < 1.29 is 38.4 Å². The number of carbonyl (C=O) groups is 3. The van der Waals surface area contributed by atoms with E-state index in [1.165, 1.54) is 27.9 Å². The predicted octanol–water partition coefficient (Wildman–Crippen LogP) is -1.28. The Hall–Kier alpha value is -1.71. The molecule has 1 aliphatic rings. The van der Waals surface area contributed by atoms with Gasteiger partial charge in [-0.2, -0.15) is 0 Å². The molecule has 0 aliphatic carbocycles. The largest absolute Gasteiger partial charge is 0.463 e. The molecule has 0 saturated carbocycles. The third-order valence-electron chi connectivity index (χ3n) is 3.06. The lowest BCUT2D eigenvalue weighted by atomic mass is 9.96. The second kappa shape index (κ2) is 8.06. The third kappa shape index (κ3) is 4.93. The highest BCUT2D eigenvalue weighted by atomic mass is 16.7. The molecule has 5 atom stereocenters. The number of esters is 2. The van der Waals surface area contributed by atoms with Crippen LogP contribution in [0, 0.1) is 0 Å². The number of hydrogen-bond acceptors (Lipinski definition) is 8. The Kier molecular flexibility index (Phi) is 6.72. The molecule has 1 rings (SSSR count). The quantitative estimate of drug-likeness (QED) is 0.601. The molecule has 0 spiro atoms. The van der Waals surface area contributed by atoms with Crippen molar-refractivity contribution >= 4 is 17.8 Å². The summed E-state index contributed by atoms with van der Waals surface area (Å²) < 4.78 is 20.6. The highest BCUT2D eigenvalue weighted by Crippen LogP contribution is 2.25. The fourth-order valence-corrected chi connectivity index (χ4v) is 2.26. The molecule has 126 valence electrons. The van der Waals surface area contributed by atoms with E-state index in [-0.39, 0.29) is 6.61 Å². The van der Waals surface area contributed by atoms with Gasteiger partial charge in [-0.3, -0.25) is 14.4 Å². The van der Waals surface area contributed by atoms with E-state index in [1.807, 2.05) is 0 Å². The Morgan fingerprint density at radius 2 is 1.77 bits per heavy atom. The number of aliphatic hydroxyl groups is 1. The zero-order valence-corrected chi connectivity index (χ0v) is 12.9. The van der Waals surface area contributed by atoms with Crippen LogP contribution in [0.2, 0.25) is 0 Å². The smallest absolute Gasteiger partial charge is 0.303 e. The summed E-state index contributed by atoms with van der Waals surface area (Å²) in [6.07, 6.45) is -4.14. The van der Waals surface area contributed by atoms with Crippen LogP contribution in [0.1, 0.15) is 20.8 Å². The van der Waals surface area contributed by atoms with Crippen molar-refractivity contribution in [3.05, 3.63) is 0 Å². The summed E-state index contributed by atoms with van der Waals surface area (Å²) in [7, 11) is 1.34. The summed E-state index contributed by atoms with van der Waals surface area (Å²) in [5.41, 5.74) is 0. The Morgan fingerprint density at radius 3 is 2.23 bits per heavy atom. The zero-order valence-electron chi connectivity index (χ0n) is 12.9.